The van der Waals surface area contributed by atoms with Crippen molar-refractivity contribution >= 4 is 65.6 Å². The van der Waals surface area contributed by atoms with E-state index < -0.39 is 0 Å². The van der Waals surface area contributed by atoms with Crippen molar-refractivity contribution in [3.05, 3.63) is 157 Å². The second kappa shape index (κ2) is 9.71. The summed E-state index contributed by atoms with van der Waals surface area (Å²) in [7, 11) is 0. The average molecular weight is 600 g/mol. The molecule has 3 heterocycles. The standard InChI is InChI=1S/C43H25N3O/c44-26-35-29(17-10-21-39(35)46-37-19-6-1-13-30(37)31-14-2-7-20-38(31)46)27-11-9-12-28(25-27)45-36-18-5-3-15-32(36)33-23-24-41-42(43(33)45)34-16-4-8-22-40(34)47-41/h1-25H. The number of furan rings is 1. The SMILES string of the molecule is N#Cc1c(-c2cccc(-n3c4ccccc4c4ccc5oc6ccccc6c5c43)c2)cccc1-n1c2ccccc2c2ccccc21. The maximum Gasteiger partial charge on any atom is 0.137 e. The molecule has 3 aromatic heterocycles. The summed E-state index contributed by atoms with van der Waals surface area (Å²) in [6.45, 7) is 0. The molecule has 10 rings (SSSR count). The lowest BCUT2D eigenvalue weighted by molar-refractivity contribution is 0.669. The number of rotatable bonds is 3. The molecular weight excluding hydrogens is 574 g/mol. The second-order valence-electron chi connectivity index (χ2n) is 12.0. The Morgan fingerprint density at radius 1 is 0.489 bits per heavy atom. The molecule has 0 bridgehead atoms. The molecule has 218 valence electrons. The predicted molar refractivity (Wildman–Crippen MR) is 193 cm³/mol. The van der Waals surface area contributed by atoms with Gasteiger partial charge in [0.1, 0.15) is 17.2 Å². The van der Waals surface area contributed by atoms with Gasteiger partial charge in [-0.25, -0.2) is 0 Å². The lowest BCUT2D eigenvalue weighted by Gasteiger charge is -2.15. The summed E-state index contributed by atoms with van der Waals surface area (Å²) in [5.74, 6) is 0. The highest BCUT2D eigenvalue weighted by Gasteiger charge is 2.21. The molecule has 0 amide bonds. The third-order valence-corrected chi connectivity index (χ3v) is 9.57. The van der Waals surface area contributed by atoms with Gasteiger partial charge in [-0.3, -0.25) is 0 Å². The Kier molecular flexibility index (Phi) is 5.32. The third-order valence-electron chi connectivity index (χ3n) is 9.57. The van der Waals surface area contributed by atoms with Gasteiger partial charge in [-0.15, -0.1) is 0 Å². The van der Waals surface area contributed by atoms with E-state index in [2.05, 4.69) is 155 Å². The zero-order chi connectivity index (χ0) is 31.1. The van der Waals surface area contributed by atoms with Crippen LogP contribution < -0.4 is 0 Å². The number of nitriles is 1. The van der Waals surface area contributed by atoms with Crippen LogP contribution in [-0.2, 0) is 0 Å². The highest BCUT2D eigenvalue weighted by atomic mass is 16.3. The fourth-order valence-electron chi connectivity index (χ4n) is 7.61. The minimum absolute atomic E-state index is 0.640. The van der Waals surface area contributed by atoms with Gasteiger partial charge in [0.25, 0.3) is 0 Å². The molecule has 0 atom stereocenters. The first kappa shape index (κ1) is 25.7. The van der Waals surface area contributed by atoms with Crippen molar-refractivity contribution in [3.8, 4) is 28.6 Å². The Hall–Kier alpha value is -6.57. The molecule has 0 saturated carbocycles. The normalized spacial score (nSPS) is 11.8. The Bertz CT molecular complexity index is 2880. The van der Waals surface area contributed by atoms with Gasteiger partial charge < -0.3 is 13.6 Å². The number of hydrogen-bond donors (Lipinski definition) is 0. The zero-order valence-electron chi connectivity index (χ0n) is 25.2. The molecule has 0 aliphatic rings. The first-order chi connectivity index (χ1) is 23.3. The lowest BCUT2D eigenvalue weighted by atomic mass is 9.98. The van der Waals surface area contributed by atoms with E-state index in [1.165, 1.54) is 21.5 Å². The van der Waals surface area contributed by atoms with Crippen LogP contribution in [0.1, 0.15) is 5.56 Å². The van der Waals surface area contributed by atoms with Crippen molar-refractivity contribution in [2.75, 3.05) is 0 Å². The molecule has 47 heavy (non-hydrogen) atoms. The summed E-state index contributed by atoms with van der Waals surface area (Å²) in [5.41, 5.74) is 10.6. The van der Waals surface area contributed by atoms with Gasteiger partial charge in [0.15, 0.2) is 0 Å². The Labute approximate surface area is 269 Å². The molecule has 0 radical (unpaired) electrons. The van der Waals surface area contributed by atoms with E-state index in [1.54, 1.807) is 0 Å². The number of aromatic nitrogens is 2. The van der Waals surface area contributed by atoms with Crippen LogP contribution in [0.25, 0.3) is 88.1 Å². The fourth-order valence-corrected chi connectivity index (χ4v) is 7.61. The summed E-state index contributed by atoms with van der Waals surface area (Å²) in [4.78, 5) is 0. The zero-order valence-corrected chi connectivity index (χ0v) is 25.2. The van der Waals surface area contributed by atoms with Gasteiger partial charge in [-0.1, -0.05) is 97.1 Å². The first-order valence-electron chi connectivity index (χ1n) is 15.8. The van der Waals surface area contributed by atoms with Crippen molar-refractivity contribution in [1.29, 1.82) is 5.26 Å². The van der Waals surface area contributed by atoms with E-state index in [0.717, 1.165) is 66.5 Å². The maximum atomic E-state index is 10.8. The van der Waals surface area contributed by atoms with Gasteiger partial charge in [0.2, 0.25) is 0 Å². The van der Waals surface area contributed by atoms with E-state index in [4.69, 9.17) is 4.42 Å². The van der Waals surface area contributed by atoms with Crippen LogP contribution in [0, 0.1) is 11.3 Å². The summed E-state index contributed by atoms with van der Waals surface area (Å²) < 4.78 is 10.9. The van der Waals surface area contributed by atoms with Crippen LogP contribution >= 0.6 is 0 Å². The highest BCUT2D eigenvalue weighted by Crippen LogP contribution is 2.42. The maximum absolute atomic E-state index is 10.8. The molecular formula is C43H25N3O. The molecule has 0 unspecified atom stereocenters. The minimum Gasteiger partial charge on any atom is -0.456 e. The molecule has 0 aliphatic carbocycles. The van der Waals surface area contributed by atoms with E-state index in [1.807, 2.05) is 12.1 Å². The predicted octanol–water partition coefficient (Wildman–Crippen LogP) is 11.3. The molecule has 0 spiro atoms. The smallest absolute Gasteiger partial charge is 0.137 e. The van der Waals surface area contributed by atoms with Crippen LogP contribution in [0.4, 0.5) is 0 Å². The number of hydrogen-bond acceptors (Lipinski definition) is 2. The topological polar surface area (TPSA) is 46.8 Å². The number of fused-ring (bicyclic) bond motifs is 10. The molecule has 10 aromatic rings. The van der Waals surface area contributed by atoms with Crippen LogP contribution in [-0.4, -0.2) is 9.13 Å². The van der Waals surface area contributed by atoms with E-state index in [0.29, 0.717) is 5.56 Å². The van der Waals surface area contributed by atoms with Crippen molar-refractivity contribution in [1.82, 2.24) is 9.13 Å². The second-order valence-corrected chi connectivity index (χ2v) is 12.0. The van der Waals surface area contributed by atoms with Crippen molar-refractivity contribution in [2.45, 2.75) is 0 Å². The summed E-state index contributed by atoms with van der Waals surface area (Å²) in [6, 6.07) is 55.2. The number of para-hydroxylation sites is 4. The van der Waals surface area contributed by atoms with Gasteiger partial charge >= 0.3 is 0 Å². The van der Waals surface area contributed by atoms with Crippen LogP contribution in [0.5, 0.6) is 0 Å². The van der Waals surface area contributed by atoms with E-state index in [-0.39, 0.29) is 0 Å². The van der Waals surface area contributed by atoms with Gasteiger partial charge in [0.05, 0.1) is 38.7 Å². The minimum atomic E-state index is 0.640. The summed E-state index contributed by atoms with van der Waals surface area (Å²) in [5, 5.41) is 17.7. The summed E-state index contributed by atoms with van der Waals surface area (Å²) >= 11 is 0. The Morgan fingerprint density at radius 2 is 1.11 bits per heavy atom. The van der Waals surface area contributed by atoms with E-state index >= 15 is 0 Å². The average Bonchev–Trinajstić information content (AvgIpc) is 3.79. The monoisotopic (exact) mass is 599 g/mol. The van der Waals surface area contributed by atoms with Crippen molar-refractivity contribution in [2.24, 2.45) is 0 Å². The number of nitrogens with zero attached hydrogens (tertiary/aromatic N) is 3. The largest absolute Gasteiger partial charge is 0.456 e. The molecule has 4 heteroatoms. The molecule has 0 saturated heterocycles. The van der Waals surface area contributed by atoms with Crippen LogP contribution in [0.3, 0.4) is 0 Å². The first-order valence-corrected chi connectivity index (χ1v) is 15.8. The van der Waals surface area contributed by atoms with Crippen LogP contribution in [0.15, 0.2) is 156 Å². The lowest BCUT2D eigenvalue weighted by Crippen LogP contribution is -2.00. The molecule has 4 nitrogen and oxygen atoms in total. The van der Waals surface area contributed by atoms with Gasteiger partial charge in [0, 0.05) is 38.2 Å². The van der Waals surface area contributed by atoms with Gasteiger partial charge in [-0.2, -0.15) is 5.26 Å². The Balaban J connectivity index is 1.25. The van der Waals surface area contributed by atoms with Crippen LogP contribution in [0.2, 0.25) is 0 Å². The molecule has 0 fully saturated rings. The van der Waals surface area contributed by atoms with Gasteiger partial charge in [-0.05, 0) is 60.2 Å². The Morgan fingerprint density at radius 3 is 1.83 bits per heavy atom. The molecule has 0 aliphatic heterocycles. The molecule has 0 N–H and O–H groups in total. The van der Waals surface area contributed by atoms with E-state index in [9.17, 15) is 5.26 Å². The quantitative estimate of drug-likeness (QED) is 0.203. The fraction of sp³-hybridized carbons (Fsp3) is 0. The van der Waals surface area contributed by atoms with Crippen molar-refractivity contribution < 1.29 is 4.42 Å². The number of benzene rings is 7. The molecule has 7 aromatic carbocycles. The van der Waals surface area contributed by atoms with Crippen molar-refractivity contribution in [3.63, 3.8) is 0 Å². The third kappa shape index (κ3) is 3.57. The highest BCUT2D eigenvalue weighted by molar-refractivity contribution is 6.24. The summed E-state index contributed by atoms with van der Waals surface area (Å²) in [6.07, 6.45) is 0.